The van der Waals surface area contributed by atoms with E-state index in [0.717, 1.165) is 5.56 Å². The molecule has 2 aromatic rings. The largest absolute Gasteiger partial charge is 0.324 e. The zero-order chi connectivity index (χ0) is 19.3. The molecule has 8 nitrogen and oxygen atoms in total. The molecule has 0 fully saturated rings. The van der Waals surface area contributed by atoms with E-state index in [1.54, 1.807) is 24.3 Å². The number of hydrogen-bond donors (Lipinski definition) is 3. The quantitative estimate of drug-likeness (QED) is 0.411. The van der Waals surface area contributed by atoms with Gasteiger partial charge < -0.3 is 5.32 Å². The minimum atomic E-state index is -4.08. The second-order valence-electron chi connectivity index (χ2n) is 5.46. The molecule has 0 heterocycles. The molecule has 0 aliphatic rings. The predicted molar refractivity (Wildman–Crippen MR) is 94.7 cm³/mol. The highest BCUT2D eigenvalue weighted by molar-refractivity contribution is 7.89. The molecule has 0 saturated heterocycles. The molecule has 0 aromatic heterocycles. The van der Waals surface area contributed by atoms with Crippen molar-refractivity contribution in [2.75, 3.05) is 5.32 Å². The molecule has 0 aliphatic carbocycles. The van der Waals surface area contributed by atoms with Gasteiger partial charge in [-0.05, 0) is 38.1 Å². The zero-order valence-electron chi connectivity index (χ0n) is 14.1. The van der Waals surface area contributed by atoms with Gasteiger partial charge in [0.05, 0.1) is 4.90 Å². The molecular weight excluding hydrogens is 358 g/mol. The first-order valence-electron chi connectivity index (χ1n) is 7.50. The van der Waals surface area contributed by atoms with Crippen LogP contribution >= 0.6 is 0 Å². The van der Waals surface area contributed by atoms with Gasteiger partial charge in [-0.25, -0.2) is 8.42 Å². The molecule has 0 atom stereocenters. The molecule has 0 aliphatic heterocycles. The number of rotatable bonds is 5. The lowest BCUT2D eigenvalue weighted by Gasteiger charge is -2.09. The molecule has 0 radical (unpaired) electrons. The third-order valence-corrected chi connectivity index (χ3v) is 4.65. The van der Waals surface area contributed by atoms with E-state index in [2.05, 4.69) is 5.32 Å². The Hall–Kier alpha value is -3.04. The number of Topliss-reactive ketones (excluding diaryl/α,β-unsaturated/α-hetero) is 1. The Bertz CT molecular complexity index is 935. The van der Waals surface area contributed by atoms with Crippen LogP contribution in [0.15, 0.2) is 53.4 Å². The summed E-state index contributed by atoms with van der Waals surface area (Å²) in [5, 5.41) is 2.34. The number of carbonyl (C=O) groups is 3. The normalized spacial score (nSPS) is 10.8. The summed E-state index contributed by atoms with van der Waals surface area (Å²) < 4.78 is 24.2. The lowest BCUT2D eigenvalue weighted by Crippen LogP contribution is -2.46. The smallest absolute Gasteiger partial charge is 0.318 e. The fourth-order valence-corrected chi connectivity index (χ4v) is 2.76. The second-order valence-corrected chi connectivity index (χ2v) is 7.14. The summed E-state index contributed by atoms with van der Waals surface area (Å²) in [6.45, 7) is 3.23. The number of hydrazine groups is 1. The molecule has 0 unspecified atom stereocenters. The molecular formula is C17H17N3O5S. The number of anilines is 1. The molecule has 2 rings (SSSR count). The first-order valence-corrected chi connectivity index (χ1v) is 8.98. The topological polar surface area (TPSA) is 121 Å². The van der Waals surface area contributed by atoms with E-state index in [1.165, 1.54) is 31.2 Å². The van der Waals surface area contributed by atoms with E-state index >= 15 is 0 Å². The van der Waals surface area contributed by atoms with Crippen molar-refractivity contribution in [3.05, 3.63) is 59.7 Å². The van der Waals surface area contributed by atoms with Crippen molar-refractivity contribution in [3.8, 4) is 0 Å². The number of carbonyl (C=O) groups excluding carboxylic acids is 3. The fraction of sp³-hybridized carbons (Fsp3) is 0.118. The highest BCUT2D eigenvalue weighted by Gasteiger charge is 2.19. The number of sulfonamides is 1. The Morgan fingerprint density at radius 1 is 0.846 bits per heavy atom. The Balaban J connectivity index is 1.97. The van der Waals surface area contributed by atoms with Crippen molar-refractivity contribution in [1.82, 2.24) is 10.3 Å². The van der Waals surface area contributed by atoms with Crippen molar-refractivity contribution in [3.63, 3.8) is 0 Å². The second kappa shape index (κ2) is 7.89. The molecule has 0 spiro atoms. The van der Waals surface area contributed by atoms with Gasteiger partial charge in [0.1, 0.15) is 0 Å². The summed E-state index contributed by atoms with van der Waals surface area (Å²) in [7, 11) is -4.08. The highest BCUT2D eigenvalue weighted by atomic mass is 32.2. The molecule has 2 amide bonds. The average Bonchev–Trinajstić information content (AvgIpc) is 2.61. The number of benzene rings is 2. The van der Waals surface area contributed by atoms with Gasteiger partial charge in [0.2, 0.25) is 0 Å². The van der Waals surface area contributed by atoms with Gasteiger partial charge in [0, 0.05) is 11.3 Å². The van der Waals surface area contributed by atoms with Gasteiger partial charge in [-0.1, -0.05) is 29.8 Å². The molecule has 2 aromatic carbocycles. The third-order valence-electron chi connectivity index (χ3n) is 3.39. The third kappa shape index (κ3) is 4.98. The lowest BCUT2D eigenvalue weighted by molar-refractivity contribution is -0.136. The first kappa shape index (κ1) is 19.3. The minimum Gasteiger partial charge on any atom is -0.318 e. The molecule has 0 bridgehead atoms. The average molecular weight is 375 g/mol. The van der Waals surface area contributed by atoms with E-state index in [9.17, 15) is 22.8 Å². The summed E-state index contributed by atoms with van der Waals surface area (Å²) in [6.07, 6.45) is 0. The maximum Gasteiger partial charge on any atom is 0.324 e. The van der Waals surface area contributed by atoms with Crippen LogP contribution in [0, 0.1) is 6.92 Å². The van der Waals surface area contributed by atoms with Crippen LogP contribution in [0.2, 0.25) is 0 Å². The zero-order valence-corrected chi connectivity index (χ0v) is 14.9. The van der Waals surface area contributed by atoms with Gasteiger partial charge in [-0.2, -0.15) is 0 Å². The van der Waals surface area contributed by atoms with Crippen molar-refractivity contribution in [2.24, 2.45) is 0 Å². The number of amides is 2. The predicted octanol–water partition coefficient (Wildman–Crippen LogP) is 1.15. The van der Waals surface area contributed by atoms with Crippen LogP contribution in [-0.4, -0.2) is 26.0 Å². The first-order chi connectivity index (χ1) is 12.2. The summed E-state index contributed by atoms with van der Waals surface area (Å²) >= 11 is 0. The number of aryl methyl sites for hydroxylation is 1. The highest BCUT2D eigenvalue weighted by Crippen LogP contribution is 2.11. The maximum atomic E-state index is 12.1. The molecule has 136 valence electrons. The summed E-state index contributed by atoms with van der Waals surface area (Å²) in [6, 6.07) is 11.9. The van der Waals surface area contributed by atoms with Gasteiger partial charge in [-0.15, -0.1) is 4.83 Å². The SMILES string of the molecule is CC(=O)c1ccc(S(=O)(=O)NNC(=O)C(=O)Nc2ccc(C)cc2)cc1. The van der Waals surface area contributed by atoms with Crippen LogP contribution in [0.25, 0.3) is 0 Å². The Labute approximate surface area is 150 Å². The van der Waals surface area contributed by atoms with Crippen molar-refractivity contribution in [1.29, 1.82) is 0 Å². The Kier molecular flexibility index (Phi) is 5.86. The van der Waals surface area contributed by atoms with Gasteiger partial charge in [-0.3, -0.25) is 19.8 Å². The van der Waals surface area contributed by atoms with Crippen LogP contribution in [-0.2, 0) is 19.6 Å². The molecule has 9 heteroatoms. The number of nitrogens with one attached hydrogen (secondary N) is 3. The number of hydrogen-bond acceptors (Lipinski definition) is 5. The lowest BCUT2D eigenvalue weighted by atomic mass is 10.2. The molecule has 26 heavy (non-hydrogen) atoms. The van der Waals surface area contributed by atoms with Crippen LogP contribution in [0.5, 0.6) is 0 Å². The van der Waals surface area contributed by atoms with Crippen LogP contribution in [0.1, 0.15) is 22.8 Å². The summed E-state index contributed by atoms with van der Waals surface area (Å²) in [5.74, 6) is -2.40. The van der Waals surface area contributed by atoms with Crippen LogP contribution in [0.3, 0.4) is 0 Å². The van der Waals surface area contributed by atoms with Crippen LogP contribution in [0.4, 0.5) is 5.69 Å². The van der Waals surface area contributed by atoms with E-state index in [-0.39, 0.29) is 10.7 Å². The van der Waals surface area contributed by atoms with E-state index in [1.807, 2.05) is 17.2 Å². The van der Waals surface area contributed by atoms with Gasteiger partial charge in [0.15, 0.2) is 5.78 Å². The van der Waals surface area contributed by atoms with Gasteiger partial charge >= 0.3 is 11.8 Å². The Morgan fingerprint density at radius 3 is 1.96 bits per heavy atom. The summed E-state index contributed by atoms with van der Waals surface area (Å²) in [5.41, 5.74) is 3.57. The monoisotopic (exact) mass is 375 g/mol. The molecule has 3 N–H and O–H groups in total. The fourth-order valence-electron chi connectivity index (χ4n) is 1.92. The molecule has 0 saturated carbocycles. The van der Waals surface area contributed by atoms with Crippen molar-refractivity contribution < 1.29 is 22.8 Å². The minimum absolute atomic E-state index is 0.165. The number of ketones is 1. The standard InChI is InChI=1S/C17H17N3O5S/c1-11-3-7-14(8-4-11)18-16(22)17(23)19-20-26(24,25)15-9-5-13(6-10-15)12(2)21/h3-10,20H,1-2H3,(H,18,22)(H,19,23). The van der Waals surface area contributed by atoms with Gasteiger partial charge in [0.25, 0.3) is 10.0 Å². The van der Waals surface area contributed by atoms with E-state index in [4.69, 9.17) is 0 Å². The maximum absolute atomic E-state index is 12.1. The summed E-state index contributed by atoms with van der Waals surface area (Å²) in [4.78, 5) is 36.4. The van der Waals surface area contributed by atoms with Crippen molar-refractivity contribution >= 4 is 33.3 Å². The van der Waals surface area contributed by atoms with E-state index in [0.29, 0.717) is 11.3 Å². The Morgan fingerprint density at radius 2 is 1.42 bits per heavy atom. The van der Waals surface area contributed by atoms with E-state index < -0.39 is 21.8 Å². The van der Waals surface area contributed by atoms with Crippen molar-refractivity contribution in [2.45, 2.75) is 18.7 Å². The van der Waals surface area contributed by atoms with Crippen LogP contribution < -0.4 is 15.6 Å².